The maximum Gasteiger partial charge on any atom is 0.244 e. The monoisotopic (exact) mass is 427 g/mol. The second-order valence-corrected chi connectivity index (χ2v) is 9.27. The van der Waals surface area contributed by atoms with Gasteiger partial charge in [-0.3, -0.25) is 9.59 Å². The molecule has 1 aromatic carbocycles. The van der Waals surface area contributed by atoms with Crippen LogP contribution in [-0.2, 0) is 15.0 Å². The lowest BCUT2D eigenvalue weighted by Crippen LogP contribution is -2.51. The van der Waals surface area contributed by atoms with E-state index in [4.69, 9.17) is 23.2 Å². The molecule has 2 rings (SSSR count). The largest absolute Gasteiger partial charge is 0.344 e. The number of rotatable bonds is 9. The second-order valence-electron chi connectivity index (χ2n) is 8.42. The Balaban J connectivity index is 2.15. The van der Waals surface area contributed by atoms with Crippen molar-refractivity contribution >= 4 is 35.0 Å². The van der Waals surface area contributed by atoms with Crippen LogP contribution in [0.2, 0.25) is 10.0 Å². The van der Waals surface area contributed by atoms with Crippen molar-refractivity contribution in [1.29, 1.82) is 0 Å². The minimum atomic E-state index is -0.653. The van der Waals surface area contributed by atoms with Crippen molar-refractivity contribution in [1.82, 2.24) is 15.1 Å². The molecule has 0 aliphatic heterocycles. The third-order valence-electron chi connectivity index (χ3n) is 5.20. The summed E-state index contributed by atoms with van der Waals surface area (Å²) in [5.74, 6) is 0.101. The maximum atomic E-state index is 13.2. The number of carbonyl (C=O) groups excluding carboxylic acids is 2. The van der Waals surface area contributed by atoms with E-state index in [9.17, 15) is 9.59 Å². The van der Waals surface area contributed by atoms with E-state index in [2.05, 4.69) is 19.2 Å². The van der Waals surface area contributed by atoms with E-state index in [0.29, 0.717) is 23.0 Å². The number of carbonyl (C=O) groups is 2. The van der Waals surface area contributed by atoms with Crippen LogP contribution in [0.25, 0.3) is 0 Å². The molecule has 0 heterocycles. The number of benzene rings is 1. The summed E-state index contributed by atoms with van der Waals surface area (Å²) in [4.78, 5) is 29.9. The van der Waals surface area contributed by atoms with E-state index >= 15 is 0 Å². The van der Waals surface area contributed by atoms with Gasteiger partial charge in [0.05, 0.1) is 5.41 Å². The Labute approximate surface area is 178 Å². The molecule has 1 N–H and O–H groups in total. The Morgan fingerprint density at radius 2 is 1.79 bits per heavy atom. The normalized spacial score (nSPS) is 16.2. The molecule has 0 saturated heterocycles. The lowest BCUT2D eigenvalue weighted by Gasteiger charge is -2.28. The first-order chi connectivity index (χ1) is 13.1. The predicted octanol–water partition coefficient (Wildman–Crippen LogP) is 3.58. The highest BCUT2D eigenvalue weighted by Crippen LogP contribution is 2.51. The number of hydrogen-bond donors (Lipinski definition) is 1. The SMILES string of the molecule is CC(C)CC(NC(=O)C1(c2ccc(Cl)cc2Cl)CC1)C(=O)N(C)CCN(C)C. The van der Waals surface area contributed by atoms with E-state index < -0.39 is 11.5 Å². The zero-order valence-corrected chi connectivity index (χ0v) is 18.9. The van der Waals surface area contributed by atoms with Gasteiger partial charge in [0.1, 0.15) is 6.04 Å². The zero-order chi connectivity index (χ0) is 21.1. The number of likely N-dealkylation sites (N-methyl/N-ethyl adjacent to an activating group) is 2. The van der Waals surface area contributed by atoms with Crippen molar-refractivity contribution in [3.05, 3.63) is 33.8 Å². The van der Waals surface area contributed by atoms with Gasteiger partial charge in [0, 0.05) is 30.2 Å². The minimum absolute atomic E-state index is 0.0538. The molecule has 0 bridgehead atoms. The average Bonchev–Trinajstić information content (AvgIpc) is 3.39. The number of hydrogen-bond acceptors (Lipinski definition) is 3. The fourth-order valence-electron chi connectivity index (χ4n) is 3.34. The van der Waals surface area contributed by atoms with Gasteiger partial charge in [0.15, 0.2) is 0 Å². The number of halogens is 2. The van der Waals surface area contributed by atoms with Crippen LogP contribution in [-0.4, -0.2) is 61.9 Å². The number of nitrogens with one attached hydrogen (secondary N) is 1. The summed E-state index contributed by atoms with van der Waals surface area (Å²) >= 11 is 12.4. The summed E-state index contributed by atoms with van der Waals surface area (Å²) in [5.41, 5.74) is 0.132. The van der Waals surface area contributed by atoms with Gasteiger partial charge in [0.25, 0.3) is 0 Å². The molecule has 7 heteroatoms. The third-order valence-corrected chi connectivity index (χ3v) is 5.75. The molecule has 1 unspecified atom stereocenters. The van der Waals surface area contributed by atoms with Gasteiger partial charge in [0.2, 0.25) is 11.8 Å². The van der Waals surface area contributed by atoms with Gasteiger partial charge in [-0.05, 0) is 57.0 Å². The predicted molar refractivity (Wildman–Crippen MR) is 115 cm³/mol. The number of amides is 2. The van der Waals surface area contributed by atoms with Crippen molar-refractivity contribution in [2.24, 2.45) is 5.92 Å². The summed E-state index contributed by atoms with van der Waals surface area (Å²) in [6, 6.07) is 4.70. The van der Waals surface area contributed by atoms with Crippen LogP contribution in [0.4, 0.5) is 0 Å². The third kappa shape index (κ3) is 5.62. The highest BCUT2D eigenvalue weighted by Gasteiger charge is 2.53. The highest BCUT2D eigenvalue weighted by molar-refractivity contribution is 6.35. The topological polar surface area (TPSA) is 52.7 Å². The smallest absolute Gasteiger partial charge is 0.244 e. The molecular formula is C21H31Cl2N3O2. The van der Waals surface area contributed by atoms with Crippen molar-refractivity contribution in [3.8, 4) is 0 Å². The summed E-state index contributed by atoms with van der Waals surface area (Å²) in [6.07, 6.45) is 2.04. The Bertz CT molecular complexity index is 718. The standard InChI is InChI=1S/C21H31Cl2N3O2/c1-14(2)12-18(19(27)26(5)11-10-25(3)4)24-20(28)21(8-9-21)16-7-6-15(22)13-17(16)23/h6-7,13-14,18H,8-12H2,1-5H3,(H,24,28). The molecular weight excluding hydrogens is 397 g/mol. The fourth-order valence-corrected chi connectivity index (χ4v) is 3.93. The van der Waals surface area contributed by atoms with Crippen LogP contribution in [0.5, 0.6) is 0 Å². The molecule has 0 aromatic heterocycles. The minimum Gasteiger partial charge on any atom is -0.344 e. The van der Waals surface area contributed by atoms with Crippen LogP contribution in [0.3, 0.4) is 0 Å². The molecule has 156 valence electrons. The van der Waals surface area contributed by atoms with E-state index in [0.717, 1.165) is 24.9 Å². The molecule has 1 aliphatic carbocycles. The molecule has 1 saturated carbocycles. The van der Waals surface area contributed by atoms with Gasteiger partial charge < -0.3 is 15.1 Å². The molecule has 1 aliphatic rings. The Morgan fingerprint density at radius 1 is 1.14 bits per heavy atom. The molecule has 28 heavy (non-hydrogen) atoms. The van der Waals surface area contributed by atoms with E-state index in [-0.39, 0.29) is 17.7 Å². The van der Waals surface area contributed by atoms with Crippen molar-refractivity contribution < 1.29 is 9.59 Å². The zero-order valence-electron chi connectivity index (χ0n) is 17.4. The van der Waals surface area contributed by atoms with Crippen LogP contribution in [0, 0.1) is 5.92 Å². The fraction of sp³-hybridized carbons (Fsp3) is 0.619. The Morgan fingerprint density at radius 3 is 2.29 bits per heavy atom. The summed E-state index contributed by atoms with van der Waals surface area (Å²) < 4.78 is 0. The van der Waals surface area contributed by atoms with Crippen LogP contribution in [0.1, 0.15) is 38.7 Å². The van der Waals surface area contributed by atoms with Gasteiger partial charge in [-0.15, -0.1) is 0 Å². The highest BCUT2D eigenvalue weighted by atomic mass is 35.5. The molecule has 2 amide bonds. The molecule has 1 atom stereocenters. The molecule has 1 aromatic rings. The van der Waals surface area contributed by atoms with Crippen LogP contribution < -0.4 is 5.32 Å². The van der Waals surface area contributed by atoms with Gasteiger partial charge in [-0.25, -0.2) is 0 Å². The molecule has 5 nitrogen and oxygen atoms in total. The second kappa shape index (κ2) is 9.47. The summed E-state index contributed by atoms with van der Waals surface area (Å²) in [5, 5.41) is 4.06. The lowest BCUT2D eigenvalue weighted by atomic mass is 9.93. The lowest BCUT2D eigenvalue weighted by molar-refractivity contribution is -0.136. The Hall–Kier alpha value is -1.30. The van der Waals surface area contributed by atoms with Gasteiger partial charge in [-0.2, -0.15) is 0 Å². The molecule has 1 fully saturated rings. The molecule has 0 radical (unpaired) electrons. The van der Waals surface area contributed by atoms with Crippen molar-refractivity contribution in [2.75, 3.05) is 34.2 Å². The molecule has 0 spiro atoms. The van der Waals surface area contributed by atoms with Crippen molar-refractivity contribution in [2.45, 2.75) is 44.6 Å². The van der Waals surface area contributed by atoms with Crippen molar-refractivity contribution in [3.63, 3.8) is 0 Å². The van der Waals surface area contributed by atoms with E-state index in [1.807, 2.05) is 25.1 Å². The van der Waals surface area contributed by atoms with Gasteiger partial charge >= 0.3 is 0 Å². The summed E-state index contributed by atoms with van der Waals surface area (Å²) in [7, 11) is 5.73. The Kier molecular flexibility index (Phi) is 7.77. The first-order valence-corrected chi connectivity index (χ1v) is 10.5. The summed E-state index contributed by atoms with van der Waals surface area (Å²) in [6.45, 7) is 5.49. The van der Waals surface area contributed by atoms with E-state index in [1.54, 1.807) is 24.1 Å². The van der Waals surface area contributed by atoms with E-state index in [1.165, 1.54) is 0 Å². The van der Waals surface area contributed by atoms with Crippen LogP contribution in [0.15, 0.2) is 18.2 Å². The average molecular weight is 428 g/mol. The quantitative estimate of drug-likeness (QED) is 0.654. The van der Waals surface area contributed by atoms with Gasteiger partial charge in [-0.1, -0.05) is 43.1 Å². The number of nitrogens with zero attached hydrogens (tertiary/aromatic N) is 2. The van der Waals surface area contributed by atoms with Crippen LogP contribution >= 0.6 is 23.2 Å². The maximum absolute atomic E-state index is 13.2. The first kappa shape index (κ1) is 23.0. The first-order valence-electron chi connectivity index (χ1n) is 9.73.